The number of aliphatic hydroxyl groups excluding tert-OH is 1. The molecule has 1 unspecified atom stereocenters. The molecule has 1 amide bonds. The molecule has 2 atom stereocenters. The molecule has 0 aliphatic carbocycles. The number of nitrogens with zero attached hydrogens (tertiary/aromatic N) is 1. The smallest absolute Gasteiger partial charge is 0.230 e. The fourth-order valence-corrected chi connectivity index (χ4v) is 2.87. The Bertz CT molecular complexity index is 272. The van der Waals surface area contributed by atoms with E-state index >= 15 is 0 Å². The molecule has 0 radical (unpaired) electrons. The van der Waals surface area contributed by atoms with Crippen LogP contribution in [0.1, 0.15) is 26.7 Å². The minimum atomic E-state index is -0.317. The predicted octanol–water partition coefficient (Wildman–Crippen LogP) is 0.215. The van der Waals surface area contributed by atoms with Gasteiger partial charge in [0.15, 0.2) is 0 Å². The second-order valence-corrected chi connectivity index (χ2v) is 5.43. The lowest BCUT2D eigenvalue weighted by molar-refractivity contribution is -0.143. The van der Waals surface area contributed by atoms with Gasteiger partial charge in [0.25, 0.3) is 0 Å². The second-order valence-electron chi connectivity index (χ2n) is 5.43. The van der Waals surface area contributed by atoms with Gasteiger partial charge < -0.3 is 15.3 Å². The maximum absolute atomic E-state index is 12.5. The van der Waals surface area contributed by atoms with Crippen LogP contribution in [0.5, 0.6) is 0 Å². The first-order valence-electron chi connectivity index (χ1n) is 6.24. The maximum Gasteiger partial charge on any atom is 0.230 e. The largest absolute Gasteiger partial charge is 0.391 e. The van der Waals surface area contributed by atoms with Gasteiger partial charge in [-0.15, -0.1) is 0 Å². The van der Waals surface area contributed by atoms with Crippen LogP contribution in [-0.2, 0) is 4.79 Å². The molecule has 0 aromatic heterocycles. The number of hydrogen-bond donors (Lipinski definition) is 2. The number of nitrogens with one attached hydrogen (secondary N) is 1. The minimum Gasteiger partial charge on any atom is -0.391 e. The normalized spacial score (nSPS) is 35.0. The summed E-state index contributed by atoms with van der Waals surface area (Å²) in [6, 6.07) is 0. The standard InChI is InChI=1S/C12H22N2O2/c1-9(2)12(4-5-13-8-12)11(16)14-6-3-10(15)7-14/h9-10,13,15H,3-8H2,1-2H3/t10-,12?/m1/s1. The zero-order valence-electron chi connectivity index (χ0n) is 10.2. The molecule has 92 valence electrons. The zero-order valence-corrected chi connectivity index (χ0v) is 10.2. The molecule has 16 heavy (non-hydrogen) atoms. The fourth-order valence-electron chi connectivity index (χ4n) is 2.87. The summed E-state index contributed by atoms with van der Waals surface area (Å²) in [6.45, 7) is 7.20. The number of aliphatic hydroxyl groups is 1. The van der Waals surface area contributed by atoms with Gasteiger partial charge in [0.2, 0.25) is 5.91 Å². The second kappa shape index (κ2) is 4.34. The van der Waals surface area contributed by atoms with Gasteiger partial charge in [0.1, 0.15) is 0 Å². The summed E-state index contributed by atoms with van der Waals surface area (Å²) < 4.78 is 0. The van der Waals surface area contributed by atoms with Gasteiger partial charge in [-0.2, -0.15) is 0 Å². The van der Waals surface area contributed by atoms with Crippen molar-refractivity contribution in [3.05, 3.63) is 0 Å². The molecule has 2 heterocycles. The van der Waals surface area contributed by atoms with E-state index in [-0.39, 0.29) is 17.4 Å². The lowest BCUT2D eigenvalue weighted by atomic mass is 9.75. The van der Waals surface area contributed by atoms with Gasteiger partial charge >= 0.3 is 0 Å². The van der Waals surface area contributed by atoms with Crippen molar-refractivity contribution < 1.29 is 9.90 Å². The van der Waals surface area contributed by atoms with Crippen molar-refractivity contribution in [2.45, 2.75) is 32.8 Å². The van der Waals surface area contributed by atoms with Crippen LogP contribution in [0.3, 0.4) is 0 Å². The highest BCUT2D eigenvalue weighted by molar-refractivity contribution is 5.84. The molecule has 2 aliphatic heterocycles. The highest BCUT2D eigenvalue weighted by Gasteiger charge is 2.46. The first kappa shape index (κ1) is 11.9. The van der Waals surface area contributed by atoms with E-state index in [0.717, 1.165) is 25.9 Å². The maximum atomic E-state index is 12.5. The van der Waals surface area contributed by atoms with Crippen LogP contribution in [-0.4, -0.2) is 48.2 Å². The molecule has 2 aliphatic rings. The number of rotatable bonds is 2. The molecule has 0 spiro atoms. The quantitative estimate of drug-likeness (QED) is 0.708. The van der Waals surface area contributed by atoms with Gasteiger partial charge in [0.05, 0.1) is 11.5 Å². The molecule has 0 aromatic carbocycles. The molecule has 0 bridgehead atoms. The fraction of sp³-hybridized carbons (Fsp3) is 0.917. The lowest BCUT2D eigenvalue weighted by Crippen LogP contribution is -2.47. The molecule has 2 saturated heterocycles. The summed E-state index contributed by atoms with van der Waals surface area (Å²) in [4.78, 5) is 14.4. The third-order valence-electron chi connectivity index (χ3n) is 4.17. The van der Waals surface area contributed by atoms with E-state index < -0.39 is 0 Å². The van der Waals surface area contributed by atoms with Crippen LogP contribution < -0.4 is 5.32 Å². The SMILES string of the molecule is CC(C)C1(C(=O)N2CC[C@@H](O)C2)CCNC1. The highest BCUT2D eigenvalue weighted by Crippen LogP contribution is 2.36. The molecule has 2 N–H and O–H groups in total. The van der Waals surface area contributed by atoms with E-state index in [1.165, 1.54) is 0 Å². The van der Waals surface area contributed by atoms with E-state index in [1.807, 2.05) is 4.90 Å². The van der Waals surface area contributed by atoms with Crippen LogP contribution in [0.25, 0.3) is 0 Å². The van der Waals surface area contributed by atoms with Gasteiger partial charge in [-0.25, -0.2) is 0 Å². The van der Waals surface area contributed by atoms with Gasteiger partial charge in [-0.05, 0) is 25.3 Å². The molecule has 4 heteroatoms. The van der Waals surface area contributed by atoms with Crippen LogP contribution in [0.15, 0.2) is 0 Å². The summed E-state index contributed by atoms with van der Waals surface area (Å²) in [5.41, 5.74) is -0.232. The Kier molecular flexibility index (Phi) is 3.22. The average Bonchev–Trinajstić information content (AvgIpc) is 2.85. The molecular formula is C12H22N2O2. The Labute approximate surface area is 97.0 Å². The van der Waals surface area contributed by atoms with E-state index in [1.54, 1.807) is 0 Å². The van der Waals surface area contributed by atoms with E-state index in [9.17, 15) is 9.90 Å². The molecular weight excluding hydrogens is 204 g/mol. The van der Waals surface area contributed by atoms with Crippen LogP contribution in [0.2, 0.25) is 0 Å². The zero-order chi connectivity index (χ0) is 11.8. The predicted molar refractivity (Wildman–Crippen MR) is 62.0 cm³/mol. The van der Waals surface area contributed by atoms with Crippen molar-refractivity contribution in [2.75, 3.05) is 26.2 Å². The summed E-state index contributed by atoms with van der Waals surface area (Å²) >= 11 is 0. The first-order chi connectivity index (χ1) is 7.56. The molecule has 2 rings (SSSR count). The Morgan fingerprint density at radius 2 is 2.31 bits per heavy atom. The summed E-state index contributed by atoms with van der Waals surface area (Å²) in [6.07, 6.45) is 1.34. The number of likely N-dealkylation sites (tertiary alicyclic amines) is 1. The van der Waals surface area contributed by atoms with Crippen molar-refractivity contribution in [1.82, 2.24) is 10.2 Å². The molecule has 4 nitrogen and oxygen atoms in total. The summed E-state index contributed by atoms with van der Waals surface area (Å²) in [5, 5.41) is 12.8. The number of carbonyl (C=O) groups excluding carboxylic acids is 1. The number of carbonyl (C=O) groups is 1. The Balaban J connectivity index is 2.12. The lowest BCUT2D eigenvalue weighted by Gasteiger charge is -2.35. The van der Waals surface area contributed by atoms with Gasteiger partial charge in [0, 0.05) is 19.6 Å². The van der Waals surface area contributed by atoms with Crippen molar-refractivity contribution in [3.8, 4) is 0 Å². The molecule has 0 aromatic rings. The van der Waals surface area contributed by atoms with Gasteiger partial charge in [-0.1, -0.05) is 13.8 Å². The van der Waals surface area contributed by atoms with Crippen LogP contribution in [0.4, 0.5) is 0 Å². The first-order valence-corrected chi connectivity index (χ1v) is 6.24. The minimum absolute atomic E-state index is 0.232. The van der Waals surface area contributed by atoms with Crippen molar-refractivity contribution in [1.29, 1.82) is 0 Å². The molecule has 0 saturated carbocycles. The Hall–Kier alpha value is -0.610. The third kappa shape index (κ3) is 1.84. The highest BCUT2D eigenvalue weighted by atomic mass is 16.3. The monoisotopic (exact) mass is 226 g/mol. The third-order valence-corrected chi connectivity index (χ3v) is 4.17. The van der Waals surface area contributed by atoms with Gasteiger partial charge in [-0.3, -0.25) is 4.79 Å². The number of amides is 1. The van der Waals surface area contributed by atoms with E-state index in [2.05, 4.69) is 19.2 Å². The Morgan fingerprint density at radius 3 is 2.75 bits per heavy atom. The summed E-state index contributed by atoms with van der Waals surface area (Å²) in [7, 11) is 0. The van der Waals surface area contributed by atoms with Crippen LogP contribution in [0, 0.1) is 11.3 Å². The van der Waals surface area contributed by atoms with E-state index in [0.29, 0.717) is 19.0 Å². The summed E-state index contributed by atoms with van der Waals surface area (Å²) in [5.74, 6) is 0.594. The number of hydrogen-bond acceptors (Lipinski definition) is 3. The van der Waals surface area contributed by atoms with Crippen molar-refractivity contribution >= 4 is 5.91 Å². The topological polar surface area (TPSA) is 52.6 Å². The van der Waals surface area contributed by atoms with E-state index in [4.69, 9.17) is 0 Å². The Morgan fingerprint density at radius 1 is 1.56 bits per heavy atom. The van der Waals surface area contributed by atoms with Crippen molar-refractivity contribution in [3.63, 3.8) is 0 Å². The average molecular weight is 226 g/mol. The molecule has 2 fully saturated rings. The number of β-amino-alcohol motifs (C(OH)–C–C–N with tert-alkyl or cyclic N) is 1. The van der Waals surface area contributed by atoms with Crippen molar-refractivity contribution in [2.24, 2.45) is 11.3 Å². The van der Waals surface area contributed by atoms with Crippen LogP contribution >= 0.6 is 0 Å².